The molecular weight excluding hydrogens is 382 g/mol. The Morgan fingerprint density at radius 1 is 1.31 bits per heavy atom. The molecule has 0 unspecified atom stereocenters. The number of hydrogen-bond donors (Lipinski definition) is 1. The maximum Gasteiger partial charge on any atom is 0.251 e. The summed E-state index contributed by atoms with van der Waals surface area (Å²) >= 11 is 1.62. The monoisotopic (exact) mass is 403 g/mol. The summed E-state index contributed by atoms with van der Waals surface area (Å²) in [6.07, 6.45) is 7.85. The molecule has 5 nitrogen and oxygen atoms in total. The van der Waals surface area contributed by atoms with Gasteiger partial charge in [-0.25, -0.2) is 4.98 Å². The Kier molecular flexibility index (Phi) is 4.06. The average molecular weight is 404 g/mol. The quantitative estimate of drug-likeness (QED) is 0.647. The maximum atomic E-state index is 12.8. The van der Waals surface area contributed by atoms with E-state index >= 15 is 0 Å². The molecule has 1 aliphatic carbocycles. The van der Waals surface area contributed by atoms with Crippen molar-refractivity contribution in [1.82, 2.24) is 4.98 Å². The van der Waals surface area contributed by atoms with Crippen LogP contribution in [0.1, 0.15) is 36.0 Å². The summed E-state index contributed by atoms with van der Waals surface area (Å²) in [7, 11) is 1.80. The van der Waals surface area contributed by atoms with Crippen molar-refractivity contribution in [2.75, 3.05) is 17.3 Å². The van der Waals surface area contributed by atoms with Crippen LogP contribution >= 0.6 is 11.3 Å². The van der Waals surface area contributed by atoms with Crippen LogP contribution in [0, 0.1) is 6.92 Å². The zero-order valence-electron chi connectivity index (χ0n) is 16.4. The number of likely N-dealkylation sites (N-methyl/N-ethyl adjacent to an activating group) is 1. The fraction of sp³-hybridized carbons (Fsp3) is 0.261. The Morgan fingerprint density at radius 3 is 2.83 bits per heavy atom. The van der Waals surface area contributed by atoms with Crippen LogP contribution in [0.5, 0.6) is 0 Å². The van der Waals surface area contributed by atoms with Gasteiger partial charge in [-0.15, -0.1) is 11.3 Å². The number of rotatable bonds is 3. The van der Waals surface area contributed by atoms with Crippen molar-refractivity contribution in [1.29, 1.82) is 0 Å². The third kappa shape index (κ3) is 2.70. The van der Waals surface area contributed by atoms with Crippen LogP contribution < -0.4 is 10.2 Å². The lowest BCUT2D eigenvalue weighted by Crippen LogP contribution is -2.40. The number of anilines is 2. The molecule has 2 aromatic heterocycles. The molecule has 0 bridgehead atoms. The minimum atomic E-state index is -0.402. The van der Waals surface area contributed by atoms with Gasteiger partial charge in [-0.2, -0.15) is 0 Å². The molecule has 6 heteroatoms. The SMILES string of the molecule is Cc1c(N(C)C(=O)/C=C/c2cnc3c(c2)C2(CCC2)C(=O)N3)sc2ccccc12. The Balaban J connectivity index is 1.40. The highest BCUT2D eigenvalue weighted by Gasteiger charge is 2.51. The second kappa shape index (κ2) is 6.52. The maximum absolute atomic E-state index is 12.8. The number of benzene rings is 1. The normalized spacial score (nSPS) is 16.8. The molecule has 0 saturated heterocycles. The molecule has 1 saturated carbocycles. The molecule has 1 N–H and O–H groups in total. The minimum Gasteiger partial charge on any atom is -0.310 e. The fourth-order valence-electron chi connectivity index (χ4n) is 4.27. The molecule has 5 rings (SSSR count). The van der Waals surface area contributed by atoms with Gasteiger partial charge in [0.1, 0.15) is 10.8 Å². The fourth-order valence-corrected chi connectivity index (χ4v) is 5.45. The van der Waals surface area contributed by atoms with Crippen molar-refractivity contribution >= 4 is 50.1 Å². The van der Waals surface area contributed by atoms with Crippen LogP contribution in [0.15, 0.2) is 42.6 Å². The first-order valence-corrected chi connectivity index (χ1v) is 10.6. The van der Waals surface area contributed by atoms with E-state index in [1.54, 1.807) is 41.6 Å². The Bertz CT molecular complexity index is 1190. The van der Waals surface area contributed by atoms with Crippen molar-refractivity contribution in [3.63, 3.8) is 0 Å². The van der Waals surface area contributed by atoms with Gasteiger partial charge in [0, 0.05) is 29.6 Å². The van der Waals surface area contributed by atoms with E-state index in [2.05, 4.69) is 22.4 Å². The molecule has 3 aromatic rings. The van der Waals surface area contributed by atoms with Gasteiger partial charge in [-0.3, -0.25) is 9.59 Å². The number of thiophene rings is 1. The lowest BCUT2D eigenvalue weighted by Gasteiger charge is -2.35. The number of amides is 2. The number of carbonyl (C=O) groups excluding carboxylic acids is 2. The molecule has 2 aliphatic rings. The van der Waals surface area contributed by atoms with Crippen LogP contribution in [0.25, 0.3) is 16.2 Å². The van der Waals surface area contributed by atoms with E-state index in [0.29, 0.717) is 5.82 Å². The molecule has 1 fully saturated rings. The molecular formula is C23H21N3O2S. The highest BCUT2D eigenvalue weighted by Crippen LogP contribution is 2.50. The molecule has 1 aromatic carbocycles. The van der Waals surface area contributed by atoms with E-state index in [1.165, 1.54) is 10.1 Å². The first-order chi connectivity index (χ1) is 14.0. The number of carbonyl (C=O) groups is 2. The minimum absolute atomic E-state index is 0.0587. The number of pyridine rings is 1. The van der Waals surface area contributed by atoms with Crippen molar-refractivity contribution in [2.24, 2.45) is 0 Å². The molecule has 29 heavy (non-hydrogen) atoms. The third-order valence-electron chi connectivity index (χ3n) is 6.17. The number of nitrogens with zero attached hydrogens (tertiary/aromatic N) is 2. The van der Waals surface area contributed by atoms with Gasteiger partial charge in [0.15, 0.2) is 0 Å². The second-order valence-electron chi connectivity index (χ2n) is 7.81. The van der Waals surface area contributed by atoms with Crippen LogP contribution in [0.4, 0.5) is 10.8 Å². The summed E-state index contributed by atoms with van der Waals surface area (Å²) in [6.45, 7) is 2.05. The van der Waals surface area contributed by atoms with Gasteiger partial charge in [0.2, 0.25) is 5.91 Å². The lowest BCUT2D eigenvalue weighted by atomic mass is 9.65. The predicted octanol–water partition coefficient (Wildman–Crippen LogP) is 4.65. The molecule has 1 spiro atoms. The third-order valence-corrected chi connectivity index (χ3v) is 7.52. The lowest BCUT2D eigenvalue weighted by molar-refractivity contribution is -0.123. The zero-order valence-corrected chi connectivity index (χ0v) is 17.2. The number of aryl methyl sites for hydroxylation is 1. The van der Waals surface area contributed by atoms with E-state index in [9.17, 15) is 9.59 Å². The molecule has 0 radical (unpaired) electrons. The first-order valence-electron chi connectivity index (χ1n) is 9.75. The van der Waals surface area contributed by atoms with Crippen LogP contribution in [0.2, 0.25) is 0 Å². The highest BCUT2D eigenvalue weighted by molar-refractivity contribution is 7.23. The van der Waals surface area contributed by atoms with Crippen LogP contribution in [-0.4, -0.2) is 23.8 Å². The summed E-state index contributed by atoms with van der Waals surface area (Å²) < 4.78 is 1.18. The van der Waals surface area contributed by atoms with Crippen molar-refractivity contribution in [3.8, 4) is 0 Å². The molecule has 0 atom stereocenters. The van der Waals surface area contributed by atoms with Crippen LogP contribution in [-0.2, 0) is 15.0 Å². The van der Waals surface area contributed by atoms with Crippen molar-refractivity contribution in [2.45, 2.75) is 31.6 Å². The number of nitrogens with one attached hydrogen (secondary N) is 1. The second-order valence-corrected chi connectivity index (χ2v) is 8.84. The van der Waals surface area contributed by atoms with Gasteiger partial charge < -0.3 is 10.2 Å². The summed E-state index contributed by atoms with van der Waals surface area (Å²) in [5, 5.41) is 5.03. The molecule has 3 heterocycles. The Hall–Kier alpha value is -2.99. The summed E-state index contributed by atoms with van der Waals surface area (Å²) in [6, 6.07) is 10.2. The summed E-state index contributed by atoms with van der Waals surface area (Å²) in [5.74, 6) is 0.632. The number of aromatic nitrogens is 1. The number of fused-ring (bicyclic) bond motifs is 3. The van der Waals surface area contributed by atoms with Crippen LogP contribution in [0.3, 0.4) is 0 Å². The first kappa shape index (κ1) is 18.1. The van der Waals surface area contributed by atoms with Crippen molar-refractivity contribution in [3.05, 3.63) is 59.3 Å². The standard InChI is InChI=1S/C23H21N3O2S/c1-14-16-6-3-4-7-18(16)29-21(14)26(2)19(27)9-8-15-12-17-20(24-13-15)25-22(28)23(17)10-5-11-23/h3-4,6-9,12-13H,5,10-11H2,1-2H3,(H,24,25,28)/b9-8+. The average Bonchev–Trinajstić information content (AvgIpc) is 3.19. The topological polar surface area (TPSA) is 62.3 Å². The van der Waals surface area contributed by atoms with E-state index in [-0.39, 0.29) is 11.8 Å². The van der Waals surface area contributed by atoms with E-state index in [0.717, 1.165) is 41.0 Å². The highest BCUT2D eigenvalue weighted by atomic mass is 32.1. The molecule has 2 amide bonds. The summed E-state index contributed by atoms with van der Waals surface area (Å²) in [5.41, 5.74) is 2.52. The molecule has 146 valence electrons. The summed E-state index contributed by atoms with van der Waals surface area (Å²) in [4.78, 5) is 31.2. The predicted molar refractivity (Wildman–Crippen MR) is 117 cm³/mol. The molecule has 1 aliphatic heterocycles. The van der Waals surface area contributed by atoms with E-state index in [1.807, 2.05) is 25.1 Å². The Labute approximate surface area is 173 Å². The van der Waals surface area contributed by atoms with Gasteiger partial charge in [-0.05, 0) is 54.5 Å². The smallest absolute Gasteiger partial charge is 0.251 e. The van der Waals surface area contributed by atoms with E-state index < -0.39 is 5.41 Å². The van der Waals surface area contributed by atoms with Gasteiger partial charge >= 0.3 is 0 Å². The van der Waals surface area contributed by atoms with Gasteiger partial charge in [0.25, 0.3) is 5.91 Å². The van der Waals surface area contributed by atoms with E-state index in [4.69, 9.17) is 0 Å². The Morgan fingerprint density at radius 2 is 2.10 bits per heavy atom. The van der Waals surface area contributed by atoms with Gasteiger partial charge in [-0.1, -0.05) is 24.6 Å². The largest absolute Gasteiger partial charge is 0.310 e. The number of hydrogen-bond acceptors (Lipinski definition) is 4. The van der Waals surface area contributed by atoms with Gasteiger partial charge in [0.05, 0.1) is 5.41 Å². The van der Waals surface area contributed by atoms with Crippen molar-refractivity contribution < 1.29 is 9.59 Å². The zero-order chi connectivity index (χ0) is 20.2.